The molecule has 1 aromatic heterocycles. The molecule has 116 valence electrons. The quantitative estimate of drug-likeness (QED) is 0.863. The molecule has 1 atom stereocenters. The van der Waals surface area contributed by atoms with E-state index in [1.807, 2.05) is 0 Å². The van der Waals surface area contributed by atoms with E-state index < -0.39 is 10.0 Å². The maximum atomic E-state index is 12.1. The molecule has 20 heavy (non-hydrogen) atoms. The lowest BCUT2D eigenvalue weighted by molar-refractivity contribution is 0.181. The molecule has 1 saturated heterocycles. The van der Waals surface area contributed by atoms with E-state index in [0.29, 0.717) is 6.54 Å². The monoisotopic (exact) mass is 322 g/mol. The lowest BCUT2D eigenvalue weighted by Crippen LogP contribution is -2.52. The van der Waals surface area contributed by atoms with Crippen LogP contribution in [0.3, 0.4) is 0 Å². The van der Waals surface area contributed by atoms with Gasteiger partial charge in [0.25, 0.3) is 0 Å². The molecule has 1 aliphatic heterocycles. The molecular formula is C12H23ClN4O2S. The van der Waals surface area contributed by atoms with Gasteiger partial charge in [-0.2, -0.15) is 5.10 Å². The Morgan fingerprint density at radius 1 is 1.55 bits per heavy atom. The van der Waals surface area contributed by atoms with Gasteiger partial charge in [0, 0.05) is 25.8 Å². The summed E-state index contributed by atoms with van der Waals surface area (Å²) in [5, 5.41) is 7.28. The molecule has 0 amide bonds. The molecule has 8 heteroatoms. The molecular weight excluding hydrogens is 300 g/mol. The molecule has 0 aliphatic carbocycles. The molecule has 1 aromatic rings. The number of aromatic nitrogens is 2. The van der Waals surface area contributed by atoms with Crippen molar-refractivity contribution in [1.29, 1.82) is 0 Å². The first kappa shape index (κ1) is 17.4. The van der Waals surface area contributed by atoms with Gasteiger partial charge in [-0.3, -0.25) is 4.68 Å². The maximum Gasteiger partial charge on any atom is 0.243 e. The van der Waals surface area contributed by atoms with Crippen molar-refractivity contribution in [2.24, 2.45) is 12.5 Å². The van der Waals surface area contributed by atoms with E-state index in [-0.39, 0.29) is 28.8 Å². The Morgan fingerprint density at radius 2 is 2.25 bits per heavy atom. The Bertz CT molecular complexity index is 541. The van der Waals surface area contributed by atoms with E-state index in [2.05, 4.69) is 29.0 Å². The highest BCUT2D eigenvalue weighted by Crippen LogP contribution is 2.29. The van der Waals surface area contributed by atoms with E-state index in [9.17, 15) is 8.42 Å². The van der Waals surface area contributed by atoms with Gasteiger partial charge in [-0.05, 0) is 24.8 Å². The zero-order valence-corrected chi connectivity index (χ0v) is 13.7. The molecule has 1 unspecified atom stereocenters. The fourth-order valence-corrected chi connectivity index (χ4v) is 3.46. The Balaban J connectivity index is 0.00000200. The minimum absolute atomic E-state index is 0. The van der Waals surface area contributed by atoms with E-state index in [0.717, 1.165) is 19.4 Å². The van der Waals surface area contributed by atoms with Crippen LogP contribution in [0.5, 0.6) is 0 Å². The van der Waals surface area contributed by atoms with Crippen LogP contribution in [0, 0.1) is 5.41 Å². The summed E-state index contributed by atoms with van der Waals surface area (Å²) in [4.78, 5) is 0.212. The summed E-state index contributed by atoms with van der Waals surface area (Å²) in [6, 6.07) is 0.160. The predicted octanol–water partition coefficient (Wildman–Crippen LogP) is 0.898. The highest BCUT2D eigenvalue weighted by Gasteiger charge is 2.32. The van der Waals surface area contributed by atoms with Crippen molar-refractivity contribution in [3.8, 4) is 0 Å². The number of aryl methyl sites for hydroxylation is 1. The van der Waals surface area contributed by atoms with Crippen LogP contribution >= 0.6 is 12.4 Å². The van der Waals surface area contributed by atoms with Gasteiger partial charge >= 0.3 is 0 Å². The number of sulfonamides is 1. The third-order valence-corrected chi connectivity index (χ3v) is 5.18. The SMILES string of the molecule is Cl.Cn1cc(S(=O)(=O)NCC2NCCCC2(C)C)cn1. The second-order valence-corrected chi connectivity index (χ2v) is 7.57. The lowest BCUT2D eigenvalue weighted by atomic mass is 9.78. The number of hydrogen-bond acceptors (Lipinski definition) is 4. The summed E-state index contributed by atoms with van der Waals surface area (Å²) < 4.78 is 28.4. The third kappa shape index (κ3) is 3.94. The number of nitrogens with one attached hydrogen (secondary N) is 2. The smallest absolute Gasteiger partial charge is 0.243 e. The van der Waals surface area contributed by atoms with Gasteiger partial charge in [0.05, 0.1) is 6.20 Å². The van der Waals surface area contributed by atoms with Crippen molar-refractivity contribution in [3.05, 3.63) is 12.4 Å². The zero-order valence-electron chi connectivity index (χ0n) is 12.1. The Morgan fingerprint density at radius 3 is 2.80 bits per heavy atom. The fourth-order valence-electron chi connectivity index (χ4n) is 2.43. The fraction of sp³-hybridized carbons (Fsp3) is 0.750. The lowest BCUT2D eigenvalue weighted by Gasteiger charge is -2.39. The third-order valence-electron chi connectivity index (χ3n) is 3.80. The second-order valence-electron chi connectivity index (χ2n) is 5.80. The van der Waals surface area contributed by atoms with Gasteiger partial charge in [0.1, 0.15) is 4.90 Å². The summed E-state index contributed by atoms with van der Waals surface area (Å²) in [5.41, 5.74) is 0.107. The van der Waals surface area contributed by atoms with Gasteiger partial charge in [-0.25, -0.2) is 13.1 Å². The number of halogens is 1. The van der Waals surface area contributed by atoms with Gasteiger partial charge in [0.2, 0.25) is 10.0 Å². The number of hydrogen-bond donors (Lipinski definition) is 2. The first-order valence-electron chi connectivity index (χ1n) is 6.53. The Labute approximate surface area is 126 Å². The minimum atomic E-state index is -3.46. The van der Waals surface area contributed by atoms with Crippen molar-refractivity contribution < 1.29 is 8.42 Å². The van der Waals surface area contributed by atoms with E-state index in [4.69, 9.17) is 0 Å². The van der Waals surface area contributed by atoms with Crippen LogP contribution in [0.25, 0.3) is 0 Å². The van der Waals surface area contributed by atoms with E-state index in [1.165, 1.54) is 17.1 Å². The summed E-state index contributed by atoms with van der Waals surface area (Å²) in [6.07, 6.45) is 5.11. The molecule has 2 rings (SSSR count). The molecule has 0 radical (unpaired) electrons. The van der Waals surface area contributed by atoms with Crippen LogP contribution in [0.1, 0.15) is 26.7 Å². The van der Waals surface area contributed by atoms with Crippen LogP contribution in [0.4, 0.5) is 0 Å². The first-order valence-corrected chi connectivity index (χ1v) is 8.01. The predicted molar refractivity (Wildman–Crippen MR) is 80.5 cm³/mol. The molecule has 1 aliphatic rings. The van der Waals surface area contributed by atoms with Gasteiger partial charge in [-0.15, -0.1) is 12.4 Å². The number of nitrogens with zero attached hydrogens (tertiary/aromatic N) is 2. The topological polar surface area (TPSA) is 76.0 Å². The zero-order chi connectivity index (χ0) is 14.1. The van der Waals surface area contributed by atoms with Crippen molar-refractivity contribution in [3.63, 3.8) is 0 Å². The second kappa shape index (κ2) is 6.43. The van der Waals surface area contributed by atoms with E-state index >= 15 is 0 Å². The Kier molecular flexibility index (Phi) is 5.60. The van der Waals surface area contributed by atoms with Crippen LogP contribution in [-0.2, 0) is 17.1 Å². The largest absolute Gasteiger partial charge is 0.312 e. The highest BCUT2D eigenvalue weighted by molar-refractivity contribution is 7.89. The number of piperidine rings is 1. The van der Waals surface area contributed by atoms with E-state index in [1.54, 1.807) is 7.05 Å². The normalized spacial score (nSPS) is 22.2. The molecule has 0 spiro atoms. The van der Waals surface area contributed by atoms with Crippen LogP contribution in [-0.4, -0.2) is 37.3 Å². The van der Waals surface area contributed by atoms with Crippen molar-refractivity contribution in [2.75, 3.05) is 13.1 Å². The van der Waals surface area contributed by atoms with Crippen LogP contribution in [0.2, 0.25) is 0 Å². The minimum Gasteiger partial charge on any atom is -0.312 e. The van der Waals surface area contributed by atoms with Crippen LogP contribution < -0.4 is 10.0 Å². The molecule has 1 fully saturated rings. The average Bonchev–Trinajstić information content (AvgIpc) is 2.75. The molecule has 0 aromatic carbocycles. The maximum absolute atomic E-state index is 12.1. The first-order chi connectivity index (χ1) is 8.81. The van der Waals surface area contributed by atoms with Gasteiger partial charge in [0.15, 0.2) is 0 Å². The summed E-state index contributed by atoms with van der Waals surface area (Å²) in [5.74, 6) is 0. The van der Waals surface area contributed by atoms with Crippen molar-refractivity contribution >= 4 is 22.4 Å². The molecule has 2 heterocycles. The summed E-state index contributed by atoms with van der Waals surface area (Å²) in [7, 11) is -1.76. The van der Waals surface area contributed by atoms with Crippen molar-refractivity contribution in [2.45, 2.75) is 37.6 Å². The molecule has 6 nitrogen and oxygen atoms in total. The van der Waals surface area contributed by atoms with Crippen molar-refractivity contribution in [1.82, 2.24) is 19.8 Å². The Hall–Kier alpha value is -0.630. The van der Waals surface area contributed by atoms with Gasteiger partial charge < -0.3 is 5.32 Å². The summed E-state index contributed by atoms with van der Waals surface area (Å²) >= 11 is 0. The average molecular weight is 323 g/mol. The highest BCUT2D eigenvalue weighted by atomic mass is 35.5. The molecule has 0 bridgehead atoms. The van der Waals surface area contributed by atoms with Crippen LogP contribution in [0.15, 0.2) is 17.3 Å². The number of rotatable bonds is 4. The molecule has 2 N–H and O–H groups in total. The molecule has 0 saturated carbocycles. The summed E-state index contributed by atoms with van der Waals surface area (Å²) in [6.45, 7) is 5.69. The standard InChI is InChI=1S/C12H22N4O2S.ClH/c1-12(2)5-4-6-13-11(12)8-15-19(17,18)10-7-14-16(3)9-10;/h7,9,11,13,15H,4-6,8H2,1-3H3;1H. The van der Waals surface area contributed by atoms with Gasteiger partial charge in [-0.1, -0.05) is 13.8 Å².